The maximum absolute atomic E-state index is 2.58. The Kier molecular flexibility index (Phi) is 17.6. The lowest BCUT2D eigenvalue weighted by Crippen LogP contribution is -2.23. The third-order valence-electron chi connectivity index (χ3n) is 6.02. The van der Waals surface area contributed by atoms with E-state index in [-0.39, 0.29) is 0 Å². The van der Waals surface area contributed by atoms with Crippen molar-refractivity contribution in [3.8, 4) is 0 Å². The fourth-order valence-corrected chi connectivity index (χ4v) is 4.07. The van der Waals surface area contributed by atoms with Crippen molar-refractivity contribution in [3.63, 3.8) is 0 Å². The van der Waals surface area contributed by atoms with Crippen LogP contribution in [0.4, 0.5) is 0 Å². The molecule has 0 aliphatic carbocycles. The van der Waals surface area contributed by atoms with Crippen LogP contribution < -0.4 is 0 Å². The van der Waals surface area contributed by atoms with E-state index in [0.717, 1.165) is 13.1 Å². The van der Waals surface area contributed by atoms with E-state index >= 15 is 0 Å². The van der Waals surface area contributed by atoms with Gasteiger partial charge in [0.2, 0.25) is 0 Å². The predicted molar refractivity (Wildman–Crippen MR) is 127 cm³/mol. The molecule has 0 aliphatic heterocycles. The summed E-state index contributed by atoms with van der Waals surface area (Å²) in [6.07, 6.45) is 23.1. The van der Waals surface area contributed by atoms with Crippen molar-refractivity contribution in [1.82, 2.24) is 4.90 Å². The molecule has 0 unspecified atom stereocenters. The van der Waals surface area contributed by atoms with Gasteiger partial charge in [0, 0.05) is 6.54 Å². The molecular weight excluding hydrogens is 338 g/mol. The minimum atomic E-state index is 1.11. The second-order valence-corrected chi connectivity index (χ2v) is 8.66. The summed E-state index contributed by atoms with van der Waals surface area (Å²) in [5.74, 6) is 0. The van der Waals surface area contributed by atoms with E-state index in [4.69, 9.17) is 0 Å². The van der Waals surface area contributed by atoms with Crippen LogP contribution in [0.3, 0.4) is 0 Å². The molecule has 0 saturated carbocycles. The van der Waals surface area contributed by atoms with Crippen LogP contribution in [0.1, 0.15) is 122 Å². The van der Waals surface area contributed by atoms with Gasteiger partial charge >= 0.3 is 0 Å². The van der Waals surface area contributed by atoms with Gasteiger partial charge in [-0.25, -0.2) is 0 Å². The Hall–Kier alpha value is -0.820. The predicted octanol–water partition coefficient (Wildman–Crippen LogP) is 8.77. The Morgan fingerprint density at radius 3 is 1.39 bits per heavy atom. The Morgan fingerprint density at radius 2 is 0.964 bits per heavy atom. The van der Waals surface area contributed by atoms with Crippen LogP contribution in [0, 0.1) is 0 Å². The zero-order valence-corrected chi connectivity index (χ0v) is 19.3. The number of nitrogens with zero attached hydrogens (tertiary/aromatic N) is 1. The average molecular weight is 388 g/mol. The van der Waals surface area contributed by atoms with Crippen LogP contribution in [0.5, 0.6) is 0 Å². The number of unbranched alkanes of at least 4 members (excludes halogenated alkanes) is 15. The molecule has 0 bridgehead atoms. The quantitative estimate of drug-likeness (QED) is 0.202. The van der Waals surface area contributed by atoms with Gasteiger partial charge in [-0.2, -0.15) is 0 Å². The van der Waals surface area contributed by atoms with Gasteiger partial charge in [-0.1, -0.05) is 140 Å². The highest BCUT2D eigenvalue weighted by molar-refractivity contribution is 5.14. The van der Waals surface area contributed by atoms with Crippen molar-refractivity contribution in [2.75, 3.05) is 13.1 Å². The van der Waals surface area contributed by atoms with Crippen LogP contribution in [-0.4, -0.2) is 18.0 Å². The minimum absolute atomic E-state index is 1.11. The van der Waals surface area contributed by atoms with Crippen LogP contribution >= 0.6 is 0 Å². The molecule has 0 aromatic heterocycles. The number of rotatable bonds is 20. The fraction of sp³-hybridized carbons (Fsp3) is 0.778. The van der Waals surface area contributed by atoms with E-state index in [2.05, 4.69) is 49.1 Å². The molecule has 0 saturated heterocycles. The Morgan fingerprint density at radius 1 is 0.536 bits per heavy atom. The second-order valence-electron chi connectivity index (χ2n) is 8.66. The standard InChI is InChI=1S/C27H49N/c1-3-5-6-7-8-9-10-11-12-13-14-15-16-17-18-22-25-28(4-2)26-27-23-20-19-21-24-27/h19-21,23-24H,3-18,22,25-26H2,1-2H3. The third-order valence-corrected chi connectivity index (χ3v) is 6.02. The molecular formula is C27H49N. The van der Waals surface area contributed by atoms with Gasteiger partial charge in [-0.15, -0.1) is 0 Å². The van der Waals surface area contributed by atoms with Crippen molar-refractivity contribution >= 4 is 0 Å². The first kappa shape index (κ1) is 25.2. The van der Waals surface area contributed by atoms with Gasteiger partial charge in [-0.3, -0.25) is 4.90 Å². The minimum Gasteiger partial charge on any atom is -0.299 e. The van der Waals surface area contributed by atoms with E-state index in [1.807, 2.05) is 0 Å². The normalized spacial score (nSPS) is 11.4. The zero-order valence-electron chi connectivity index (χ0n) is 19.3. The molecule has 0 radical (unpaired) electrons. The van der Waals surface area contributed by atoms with Crippen LogP contribution in [-0.2, 0) is 6.54 Å². The fourth-order valence-electron chi connectivity index (χ4n) is 4.07. The summed E-state index contributed by atoms with van der Waals surface area (Å²) < 4.78 is 0. The molecule has 0 spiro atoms. The summed E-state index contributed by atoms with van der Waals surface area (Å²) in [5, 5.41) is 0. The van der Waals surface area contributed by atoms with E-state index in [0.29, 0.717) is 0 Å². The SMILES string of the molecule is CCCCCCCCCCCCCCCCCCN(CC)Cc1ccccc1. The maximum Gasteiger partial charge on any atom is 0.0233 e. The number of hydrogen-bond donors (Lipinski definition) is 0. The van der Waals surface area contributed by atoms with E-state index in [9.17, 15) is 0 Å². The zero-order chi connectivity index (χ0) is 20.1. The molecule has 0 atom stereocenters. The topological polar surface area (TPSA) is 3.24 Å². The third kappa shape index (κ3) is 15.1. The molecule has 0 heterocycles. The largest absolute Gasteiger partial charge is 0.299 e. The molecule has 0 fully saturated rings. The lowest BCUT2D eigenvalue weighted by Gasteiger charge is -2.20. The second kappa shape index (κ2) is 19.5. The first-order chi connectivity index (χ1) is 13.9. The molecule has 28 heavy (non-hydrogen) atoms. The first-order valence-electron chi connectivity index (χ1n) is 12.6. The van der Waals surface area contributed by atoms with Crippen molar-refractivity contribution in [2.45, 2.75) is 123 Å². The number of benzene rings is 1. The van der Waals surface area contributed by atoms with Crippen LogP contribution in [0.2, 0.25) is 0 Å². The molecule has 162 valence electrons. The van der Waals surface area contributed by atoms with E-state index < -0.39 is 0 Å². The summed E-state index contributed by atoms with van der Waals surface area (Å²) in [4.78, 5) is 2.58. The lowest BCUT2D eigenvalue weighted by atomic mass is 10.0. The maximum atomic E-state index is 2.58. The van der Waals surface area contributed by atoms with Gasteiger partial charge in [0.1, 0.15) is 0 Å². The highest BCUT2D eigenvalue weighted by Gasteiger charge is 2.03. The molecule has 0 amide bonds. The average Bonchev–Trinajstić information content (AvgIpc) is 2.73. The summed E-state index contributed by atoms with van der Waals surface area (Å²) in [6, 6.07) is 10.9. The molecule has 0 aliphatic rings. The van der Waals surface area contributed by atoms with Crippen molar-refractivity contribution in [3.05, 3.63) is 35.9 Å². The van der Waals surface area contributed by atoms with Crippen molar-refractivity contribution in [1.29, 1.82) is 0 Å². The Labute approximate surface area is 177 Å². The highest BCUT2D eigenvalue weighted by atomic mass is 15.1. The van der Waals surface area contributed by atoms with E-state index in [1.54, 1.807) is 0 Å². The lowest BCUT2D eigenvalue weighted by molar-refractivity contribution is 0.272. The summed E-state index contributed by atoms with van der Waals surface area (Å²) >= 11 is 0. The Balaban J connectivity index is 1.81. The molecule has 1 aromatic rings. The molecule has 1 aromatic carbocycles. The highest BCUT2D eigenvalue weighted by Crippen LogP contribution is 2.14. The first-order valence-corrected chi connectivity index (χ1v) is 12.6. The van der Waals surface area contributed by atoms with Gasteiger partial charge < -0.3 is 0 Å². The van der Waals surface area contributed by atoms with Crippen LogP contribution in [0.15, 0.2) is 30.3 Å². The smallest absolute Gasteiger partial charge is 0.0233 e. The van der Waals surface area contributed by atoms with Crippen molar-refractivity contribution in [2.24, 2.45) is 0 Å². The van der Waals surface area contributed by atoms with Gasteiger partial charge in [-0.05, 0) is 25.1 Å². The molecule has 1 nitrogen and oxygen atoms in total. The summed E-state index contributed by atoms with van der Waals surface area (Å²) in [5.41, 5.74) is 1.45. The van der Waals surface area contributed by atoms with Crippen molar-refractivity contribution < 1.29 is 0 Å². The molecule has 1 heteroatoms. The summed E-state index contributed by atoms with van der Waals surface area (Å²) in [6.45, 7) is 8.11. The molecule has 1 rings (SSSR count). The van der Waals surface area contributed by atoms with E-state index in [1.165, 1.54) is 115 Å². The summed E-state index contributed by atoms with van der Waals surface area (Å²) in [7, 11) is 0. The van der Waals surface area contributed by atoms with Gasteiger partial charge in [0.25, 0.3) is 0 Å². The van der Waals surface area contributed by atoms with Gasteiger partial charge in [0.05, 0.1) is 0 Å². The van der Waals surface area contributed by atoms with Gasteiger partial charge in [0.15, 0.2) is 0 Å². The number of hydrogen-bond acceptors (Lipinski definition) is 1. The van der Waals surface area contributed by atoms with Crippen LogP contribution in [0.25, 0.3) is 0 Å². The Bertz CT molecular complexity index is 414. The molecule has 0 N–H and O–H groups in total. The monoisotopic (exact) mass is 387 g/mol.